The average Bonchev–Trinajstić information content (AvgIpc) is 3.23. The van der Waals surface area contributed by atoms with Gasteiger partial charge in [0.25, 0.3) is 0 Å². The van der Waals surface area contributed by atoms with E-state index in [9.17, 15) is 4.79 Å². The maximum atomic E-state index is 12.5. The van der Waals surface area contributed by atoms with Gasteiger partial charge >= 0.3 is 0 Å². The summed E-state index contributed by atoms with van der Waals surface area (Å²) in [6.07, 6.45) is 2.21. The van der Waals surface area contributed by atoms with Crippen LogP contribution in [0.2, 0.25) is 0 Å². The molecule has 1 heterocycles. The molecule has 0 spiro atoms. The van der Waals surface area contributed by atoms with Crippen LogP contribution in [0.3, 0.4) is 0 Å². The van der Waals surface area contributed by atoms with Crippen molar-refractivity contribution in [2.75, 3.05) is 5.32 Å². The molecule has 2 aromatic carbocycles. The van der Waals surface area contributed by atoms with Gasteiger partial charge in [-0.25, -0.2) is 0 Å². The van der Waals surface area contributed by atoms with Crippen LogP contribution in [-0.4, -0.2) is 16.1 Å². The lowest BCUT2D eigenvalue weighted by molar-refractivity contribution is -0.117. The molecule has 1 aromatic heterocycles. The van der Waals surface area contributed by atoms with Crippen molar-refractivity contribution in [1.82, 2.24) is 10.2 Å². The van der Waals surface area contributed by atoms with Crippen LogP contribution >= 0.6 is 0 Å². The van der Waals surface area contributed by atoms with Crippen molar-refractivity contribution >= 4 is 11.6 Å². The van der Waals surface area contributed by atoms with Crippen LogP contribution in [0.5, 0.6) is 0 Å². The number of nitrogens with zero attached hydrogens (tertiary/aromatic N) is 2. The second-order valence-corrected chi connectivity index (χ2v) is 6.12. The van der Waals surface area contributed by atoms with E-state index >= 15 is 0 Å². The quantitative estimate of drug-likeness (QED) is 0.794. The van der Waals surface area contributed by atoms with Gasteiger partial charge in [-0.05, 0) is 48.6 Å². The molecule has 2 atom stereocenters. The summed E-state index contributed by atoms with van der Waals surface area (Å²) in [5.74, 6) is 0.950. The molecule has 5 nitrogen and oxygen atoms in total. The van der Waals surface area contributed by atoms with Crippen LogP contribution in [-0.2, 0) is 4.79 Å². The molecule has 120 valence electrons. The molecule has 1 amide bonds. The minimum atomic E-state index is 0.0578. The van der Waals surface area contributed by atoms with Gasteiger partial charge in [-0.15, -0.1) is 10.2 Å². The summed E-state index contributed by atoms with van der Waals surface area (Å²) < 4.78 is 5.20. The van der Waals surface area contributed by atoms with Crippen LogP contribution in [0, 0.1) is 12.8 Å². The predicted octanol–water partition coefficient (Wildman–Crippen LogP) is 3.79. The monoisotopic (exact) mass is 319 g/mol. The highest BCUT2D eigenvalue weighted by Gasteiger charge is 2.43. The van der Waals surface area contributed by atoms with Gasteiger partial charge in [-0.1, -0.05) is 30.3 Å². The summed E-state index contributed by atoms with van der Waals surface area (Å²) in [5, 5.41) is 10.6. The highest BCUT2D eigenvalue weighted by atomic mass is 16.4. The molecule has 1 fully saturated rings. The van der Waals surface area contributed by atoms with E-state index in [-0.39, 0.29) is 11.8 Å². The molecule has 1 saturated carbocycles. The van der Waals surface area contributed by atoms with E-state index in [4.69, 9.17) is 4.42 Å². The molecule has 2 unspecified atom stereocenters. The van der Waals surface area contributed by atoms with Crippen molar-refractivity contribution in [1.29, 1.82) is 0 Å². The first-order valence-corrected chi connectivity index (χ1v) is 7.95. The molecule has 3 aromatic rings. The summed E-state index contributed by atoms with van der Waals surface area (Å²) in [4.78, 5) is 12.5. The van der Waals surface area contributed by atoms with E-state index in [0.717, 1.165) is 23.2 Å². The molecule has 1 aliphatic carbocycles. The first-order valence-electron chi connectivity index (χ1n) is 7.95. The third kappa shape index (κ3) is 2.80. The highest BCUT2D eigenvalue weighted by Crippen LogP contribution is 2.48. The molecule has 1 N–H and O–H groups in total. The molecule has 1 aliphatic rings. The number of carbonyl (C=O) groups excluding carboxylic acids is 1. The Kier molecular flexibility index (Phi) is 3.61. The third-order valence-corrected chi connectivity index (χ3v) is 4.45. The fraction of sp³-hybridized carbons (Fsp3) is 0.211. The van der Waals surface area contributed by atoms with Crippen LogP contribution in [0.4, 0.5) is 5.69 Å². The van der Waals surface area contributed by atoms with E-state index in [1.54, 1.807) is 0 Å². The number of aryl methyl sites for hydroxylation is 1. The van der Waals surface area contributed by atoms with Crippen LogP contribution in [0.15, 0.2) is 59.3 Å². The number of nitrogens with one attached hydrogen (secondary N) is 1. The summed E-state index contributed by atoms with van der Waals surface area (Å²) in [5.41, 5.74) is 3.87. The fourth-order valence-corrected chi connectivity index (χ4v) is 3.01. The SMILES string of the molecule is Cc1cc(-c2nnco2)ccc1NC(=O)C1CC1c1ccccc1. The summed E-state index contributed by atoms with van der Waals surface area (Å²) in [7, 11) is 0. The number of hydrogen-bond donors (Lipinski definition) is 1. The van der Waals surface area contributed by atoms with Crippen molar-refractivity contribution in [2.45, 2.75) is 19.3 Å². The Morgan fingerprint density at radius 2 is 2.04 bits per heavy atom. The Hall–Kier alpha value is -2.95. The van der Waals surface area contributed by atoms with Crippen LogP contribution < -0.4 is 5.32 Å². The van der Waals surface area contributed by atoms with Gasteiger partial charge in [0.2, 0.25) is 18.2 Å². The minimum Gasteiger partial charge on any atom is -0.423 e. The van der Waals surface area contributed by atoms with Crippen LogP contribution in [0.1, 0.15) is 23.5 Å². The zero-order chi connectivity index (χ0) is 16.5. The summed E-state index contributed by atoms with van der Waals surface area (Å²) in [6, 6.07) is 15.9. The second-order valence-electron chi connectivity index (χ2n) is 6.12. The molecule has 0 aliphatic heterocycles. The molecular formula is C19H17N3O2. The van der Waals surface area contributed by atoms with E-state index < -0.39 is 0 Å². The lowest BCUT2D eigenvalue weighted by Crippen LogP contribution is -2.15. The Morgan fingerprint density at radius 1 is 1.21 bits per heavy atom. The van der Waals surface area contributed by atoms with E-state index in [2.05, 4.69) is 27.6 Å². The predicted molar refractivity (Wildman–Crippen MR) is 90.4 cm³/mol. The number of anilines is 1. The number of hydrogen-bond acceptors (Lipinski definition) is 4. The molecule has 0 saturated heterocycles. The Balaban J connectivity index is 1.45. The number of aromatic nitrogens is 2. The third-order valence-electron chi connectivity index (χ3n) is 4.45. The Bertz CT molecular complexity index is 860. The topological polar surface area (TPSA) is 68.0 Å². The van der Waals surface area contributed by atoms with Gasteiger partial charge in [-0.3, -0.25) is 4.79 Å². The summed E-state index contributed by atoms with van der Waals surface area (Å²) in [6.45, 7) is 1.96. The number of rotatable bonds is 4. The molecule has 0 bridgehead atoms. The highest BCUT2D eigenvalue weighted by molar-refractivity contribution is 5.96. The number of carbonyl (C=O) groups is 1. The van der Waals surface area contributed by atoms with Crippen molar-refractivity contribution in [3.05, 3.63) is 66.1 Å². The largest absolute Gasteiger partial charge is 0.423 e. The van der Waals surface area contributed by atoms with Crippen molar-refractivity contribution < 1.29 is 9.21 Å². The summed E-state index contributed by atoms with van der Waals surface area (Å²) >= 11 is 0. The van der Waals surface area contributed by atoms with Crippen molar-refractivity contribution in [3.8, 4) is 11.5 Å². The van der Waals surface area contributed by atoms with Gasteiger partial charge in [0.05, 0.1) is 0 Å². The fourth-order valence-electron chi connectivity index (χ4n) is 3.01. The maximum Gasteiger partial charge on any atom is 0.247 e. The van der Waals surface area contributed by atoms with Gasteiger partial charge in [0.1, 0.15) is 0 Å². The Morgan fingerprint density at radius 3 is 2.75 bits per heavy atom. The van der Waals surface area contributed by atoms with E-state index in [0.29, 0.717) is 11.8 Å². The van der Waals surface area contributed by atoms with Gasteiger partial charge in [0, 0.05) is 17.2 Å². The number of benzene rings is 2. The van der Waals surface area contributed by atoms with E-state index in [1.165, 1.54) is 12.0 Å². The molecular weight excluding hydrogens is 302 g/mol. The lowest BCUT2D eigenvalue weighted by Gasteiger charge is -2.09. The smallest absolute Gasteiger partial charge is 0.247 e. The van der Waals surface area contributed by atoms with Gasteiger partial charge < -0.3 is 9.73 Å². The van der Waals surface area contributed by atoms with Crippen LogP contribution in [0.25, 0.3) is 11.5 Å². The average molecular weight is 319 g/mol. The first kappa shape index (κ1) is 14.6. The van der Waals surface area contributed by atoms with E-state index in [1.807, 2.05) is 43.3 Å². The normalized spacial score (nSPS) is 19.0. The van der Waals surface area contributed by atoms with Gasteiger partial charge in [-0.2, -0.15) is 0 Å². The van der Waals surface area contributed by atoms with Crippen molar-refractivity contribution in [3.63, 3.8) is 0 Å². The standard InChI is InChI=1S/C19H17N3O2/c1-12-9-14(19-22-20-11-24-19)7-8-17(12)21-18(23)16-10-15(16)13-5-3-2-4-6-13/h2-9,11,15-16H,10H2,1H3,(H,21,23). The molecule has 4 rings (SSSR count). The first-order chi connectivity index (χ1) is 11.7. The molecule has 5 heteroatoms. The Labute approximate surface area is 139 Å². The minimum absolute atomic E-state index is 0.0578. The zero-order valence-corrected chi connectivity index (χ0v) is 13.3. The molecule has 24 heavy (non-hydrogen) atoms. The molecule has 0 radical (unpaired) electrons. The maximum absolute atomic E-state index is 12.5. The second kappa shape index (κ2) is 5.92. The zero-order valence-electron chi connectivity index (χ0n) is 13.3. The lowest BCUT2D eigenvalue weighted by atomic mass is 10.1. The number of amides is 1. The van der Waals surface area contributed by atoms with Gasteiger partial charge in [0.15, 0.2) is 0 Å². The van der Waals surface area contributed by atoms with Crippen molar-refractivity contribution in [2.24, 2.45) is 5.92 Å².